The van der Waals surface area contributed by atoms with Crippen molar-refractivity contribution >= 4 is 27.1 Å². The minimum absolute atomic E-state index is 0.0597. The van der Waals surface area contributed by atoms with Gasteiger partial charge in [0.2, 0.25) is 5.95 Å². The molecule has 5 rings (SSSR count). The number of hydrogen-bond donors (Lipinski definition) is 0. The van der Waals surface area contributed by atoms with Gasteiger partial charge in [0.25, 0.3) is 0 Å². The Kier molecular flexibility index (Phi) is 6.25. The van der Waals surface area contributed by atoms with Crippen molar-refractivity contribution in [1.82, 2.24) is 19.3 Å². The molecule has 1 fully saturated rings. The molecular formula is C24H28F3N5O2S. The van der Waals surface area contributed by atoms with E-state index in [2.05, 4.69) is 33.0 Å². The predicted molar refractivity (Wildman–Crippen MR) is 130 cm³/mol. The second-order valence-electron chi connectivity index (χ2n) is 9.46. The van der Waals surface area contributed by atoms with Crippen LogP contribution < -0.4 is 9.64 Å². The maximum atomic E-state index is 12.8. The molecule has 0 bridgehead atoms. The van der Waals surface area contributed by atoms with Gasteiger partial charge in [-0.3, -0.25) is 9.19 Å². The van der Waals surface area contributed by atoms with Crippen LogP contribution in [0.1, 0.15) is 36.1 Å². The van der Waals surface area contributed by atoms with Crippen molar-refractivity contribution < 1.29 is 22.1 Å². The van der Waals surface area contributed by atoms with Crippen LogP contribution in [0.25, 0.3) is 5.57 Å². The van der Waals surface area contributed by atoms with Crippen LogP contribution in [0.4, 0.5) is 19.1 Å². The second-order valence-corrected chi connectivity index (χ2v) is 11.9. The molecule has 0 aliphatic carbocycles. The smallest absolute Gasteiger partial charge is 0.419 e. The van der Waals surface area contributed by atoms with Gasteiger partial charge in [-0.25, -0.2) is 14.3 Å². The molecule has 7 nitrogen and oxygen atoms in total. The van der Waals surface area contributed by atoms with Gasteiger partial charge in [-0.1, -0.05) is 6.08 Å². The first-order chi connectivity index (χ1) is 16.6. The standard InChI is InChI=1S/C24H28F3N5O2S/c1-35(2,33)32-9-5-16(6-10-32)20-11-18-12-21(34-22(18)15-28-20)17-3-7-31(8-4-17)23-29-13-19(14-30-23)24(25,26)27/h5,11,13-15,17,21H,1,3-4,6-10,12H2,2H3/t21-,35?/m0/s1. The summed E-state index contributed by atoms with van der Waals surface area (Å²) < 4.78 is 58.6. The minimum Gasteiger partial charge on any atom is -0.488 e. The number of halogens is 3. The van der Waals surface area contributed by atoms with E-state index in [9.17, 15) is 17.4 Å². The zero-order chi connectivity index (χ0) is 24.8. The van der Waals surface area contributed by atoms with Gasteiger partial charge in [0.1, 0.15) is 11.9 Å². The lowest BCUT2D eigenvalue weighted by atomic mass is 9.89. The van der Waals surface area contributed by atoms with E-state index < -0.39 is 21.4 Å². The highest BCUT2D eigenvalue weighted by Gasteiger charge is 2.35. The first-order valence-corrected chi connectivity index (χ1v) is 13.7. The maximum absolute atomic E-state index is 12.8. The first kappa shape index (κ1) is 24.1. The van der Waals surface area contributed by atoms with Crippen LogP contribution in [0.3, 0.4) is 0 Å². The third-order valence-electron chi connectivity index (χ3n) is 7.01. The van der Waals surface area contributed by atoms with E-state index in [1.165, 1.54) is 0 Å². The molecule has 0 aromatic carbocycles. The summed E-state index contributed by atoms with van der Waals surface area (Å²) in [6, 6.07) is 2.11. The Balaban J connectivity index is 1.18. The average Bonchev–Trinajstić information content (AvgIpc) is 3.27. The molecule has 2 aromatic heterocycles. The maximum Gasteiger partial charge on any atom is 0.419 e. The summed E-state index contributed by atoms with van der Waals surface area (Å²) in [6.07, 6.45) is 6.15. The lowest BCUT2D eigenvalue weighted by molar-refractivity contribution is -0.138. The van der Waals surface area contributed by atoms with Crippen molar-refractivity contribution in [3.63, 3.8) is 0 Å². The fourth-order valence-corrected chi connectivity index (χ4v) is 5.81. The summed E-state index contributed by atoms with van der Waals surface area (Å²) in [6.45, 7) is 2.65. The molecule has 0 N–H and O–H groups in total. The summed E-state index contributed by atoms with van der Waals surface area (Å²) in [5.41, 5.74) is 2.40. The van der Waals surface area contributed by atoms with Crippen molar-refractivity contribution in [3.05, 3.63) is 47.6 Å². The van der Waals surface area contributed by atoms with Crippen LogP contribution >= 0.6 is 0 Å². The van der Waals surface area contributed by atoms with E-state index in [0.29, 0.717) is 38.0 Å². The average molecular weight is 508 g/mol. The Labute approximate surface area is 203 Å². The summed E-state index contributed by atoms with van der Waals surface area (Å²) in [4.78, 5) is 14.4. The third kappa shape index (κ3) is 5.16. The van der Waals surface area contributed by atoms with Crippen LogP contribution in [0.15, 0.2) is 30.7 Å². The molecule has 2 atom stereocenters. The van der Waals surface area contributed by atoms with Gasteiger partial charge in [0, 0.05) is 66.5 Å². The highest BCUT2D eigenvalue weighted by molar-refractivity contribution is 7.97. The molecular weight excluding hydrogens is 479 g/mol. The lowest BCUT2D eigenvalue weighted by Crippen LogP contribution is -2.40. The highest BCUT2D eigenvalue weighted by atomic mass is 32.2. The van der Waals surface area contributed by atoms with Gasteiger partial charge in [0.15, 0.2) is 0 Å². The Bertz CT molecular complexity index is 1220. The number of piperidine rings is 1. The number of alkyl halides is 3. The molecule has 188 valence electrons. The summed E-state index contributed by atoms with van der Waals surface area (Å²) in [7, 11) is -2.20. The second kappa shape index (κ2) is 9.09. The number of hydrogen-bond acceptors (Lipinski definition) is 6. The van der Waals surface area contributed by atoms with E-state index in [1.807, 2.05) is 9.21 Å². The van der Waals surface area contributed by atoms with Crippen molar-refractivity contribution in [2.45, 2.75) is 38.0 Å². The van der Waals surface area contributed by atoms with Gasteiger partial charge in [-0.2, -0.15) is 13.2 Å². The first-order valence-electron chi connectivity index (χ1n) is 11.6. The van der Waals surface area contributed by atoms with E-state index in [4.69, 9.17) is 4.74 Å². The monoisotopic (exact) mass is 507 g/mol. The van der Waals surface area contributed by atoms with Gasteiger partial charge in [0.05, 0.1) is 17.5 Å². The molecule has 1 unspecified atom stereocenters. The number of anilines is 1. The van der Waals surface area contributed by atoms with Gasteiger partial charge < -0.3 is 9.64 Å². The van der Waals surface area contributed by atoms with Crippen molar-refractivity contribution in [1.29, 1.82) is 0 Å². The fourth-order valence-electron chi connectivity index (χ4n) is 4.95. The number of nitrogens with zero attached hydrogens (tertiary/aromatic N) is 5. The number of pyridine rings is 1. The predicted octanol–water partition coefficient (Wildman–Crippen LogP) is 3.46. The number of aromatic nitrogens is 3. The van der Waals surface area contributed by atoms with Gasteiger partial charge in [-0.15, -0.1) is 0 Å². The zero-order valence-electron chi connectivity index (χ0n) is 19.5. The molecule has 2 aromatic rings. The molecule has 3 aliphatic heterocycles. The number of rotatable bonds is 4. The van der Waals surface area contributed by atoms with E-state index in [0.717, 1.165) is 60.7 Å². The molecule has 0 saturated carbocycles. The quantitative estimate of drug-likeness (QED) is 0.591. The molecule has 3 aliphatic rings. The van der Waals surface area contributed by atoms with Gasteiger partial charge in [-0.05, 0) is 42.7 Å². The Hall–Kier alpha value is -2.66. The van der Waals surface area contributed by atoms with Crippen LogP contribution in [0.5, 0.6) is 5.75 Å². The molecule has 35 heavy (non-hydrogen) atoms. The normalized spacial score (nSPS) is 23.4. The molecule has 5 heterocycles. The fraction of sp³-hybridized carbons (Fsp3) is 0.500. The van der Waals surface area contributed by atoms with Crippen LogP contribution in [0.2, 0.25) is 0 Å². The van der Waals surface area contributed by atoms with Crippen molar-refractivity contribution in [2.75, 3.05) is 37.3 Å². The molecule has 0 radical (unpaired) electrons. The number of fused-ring (bicyclic) bond motifs is 1. The summed E-state index contributed by atoms with van der Waals surface area (Å²) in [5.74, 6) is 5.26. The van der Waals surface area contributed by atoms with E-state index in [1.54, 1.807) is 12.5 Å². The Morgan fingerprint density at radius 1 is 1.11 bits per heavy atom. The van der Waals surface area contributed by atoms with Crippen molar-refractivity contribution in [3.8, 4) is 5.75 Å². The van der Waals surface area contributed by atoms with E-state index >= 15 is 0 Å². The molecule has 0 spiro atoms. The molecule has 1 saturated heterocycles. The zero-order valence-corrected chi connectivity index (χ0v) is 20.3. The SMILES string of the molecule is C=S(C)(=O)N1CC=C(c2cc3c(cn2)O[C@H](C2CCN(c4ncc(C(F)(F)F)cn4)CC2)C3)CC1. The lowest BCUT2D eigenvalue weighted by Gasteiger charge is -2.34. The molecule has 11 heteroatoms. The van der Waals surface area contributed by atoms with E-state index in [-0.39, 0.29) is 6.10 Å². The Morgan fingerprint density at radius 3 is 2.43 bits per heavy atom. The largest absolute Gasteiger partial charge is 0.488 e. The third-order valence-corrected chi connectivity index (χ3v) is 8.43. The van der Waals surface area contributed by atoms with Crippen LogP contribution in [-0.2, 0) is 22.3 Å². The number of ether oxygens (including phenoxy) is 1. The Morgan fingerprint density at radius 2 is 1.83 bits per heavy atom. The minimum atomic E-state index is -4.44. The topological polar surface area (TPSA) is 71.5 Å². The molecule has 0 amide bonds. The summed E-state index contributed by atoms with van der Waals surface area (Å²) >= 11 is 0. The summed E-state index contributed by atoms with van der Waals surface area (Å²) in [5, 5.41) is 0. The van der Waals surface area contributed by atoms with Crippen LogP contribution in [-0.4, -0.2) is 67.9 Å². The highest BCUT2D eigenvalue weighted by Crippen LogP contribution is 2.37. The van der Waals surface area contributed by atoms with Gasteiger partial charge >= 0.3 is 6.18 Å². The van der Waals surface area contributed by atoms with Crippen LogP contribution in [0, 0.1) is 5.92 Å². The van der Waals surface area contributed by atoms with Crippen molar-refractivity contribution in [2.24, 2.45) is 5.92 Å².